The van der Waals surface area contributed by atoms with Gasteiger partial charge in [0.15, 0.2) is 9.84 Å². The lowest BCUT2D eigenvalue weighted by atomic mass is 10.0. The fourth-order valence-electron chi connectivity index (χ4n) is 1.98. The molecule has 1 unspecified atom stereocenters. The van der Waals surface area contributed by atoms with E-state index in [9.17, 15) is 18.7 Å². The molecule has 0 saturated carbocycles. The van der Waals surface area contributed by atoms with E-state index in [2.05, 4.69) is 31.3 Å². The molecule has 3 N–H and O–H groups in total. The second kappa shape index (κ2) is 10.7. The number of hydrogen-bond acceptors (Lipinski definition) is 7. The molecule has 0 aliphatic carbocycles. The zero-order valence-electron chi connectivity index (χ0n) is 14.4. The predicted molar refractivity (Wildman–Crippen MR) is 102 cm³/mol. The maximum Gasteiger partial charge on any atom is 0.175 e. The lowest BCUT2D eigenvalue weighted by Crippen LogP contribution is -2.42. The molecule has 0 aromatic heterocycles. The number of aliphatic hydroxyl groups excluding tert-OH is 1. The van der Waals surface area contributed by atoms with E-state index in [4.69, 9.17) is 0 Å². The highest BCUT2D eigenvalue weighted by molar-refractivity contribution is 7.94. The second-order valence-electron chi connectivity index (χ2n) is 5.64. The van der Waals surface area contributed by atoms with Crippen LogP contribution in [0.2, 0.25) is 0 Å². The van der Waals surface area contributed by atoms with E-state index in [1.807, 2.05) is 13.8 Å². The van der Waals surface area contributed by atoms with Gasteiger partial charge in [-0.2, -0.15) is 12.6 Å². The number of aliphatic hydroxyl groups is 1. The van der Waals surface area contributed by atoms with Gasteiger partial charge in [0.25, 0.3) is 0 Å². The molecule has 0 aliphatic heterocycles. The predicted octanol–water partition coefficient (Wildman–Crippen LogP) is 1.73. The first-order valence-electron chi connectivity index (χ1n) is 7.42. The summed E-state index contributed by atoms with van der Waals surface area (Å²) in [6, 6.07) is -0.233. The average Bonchev–Trinajstić information content (AvgIpc) is 2.52. The van der Waals surface area contributed by atoms with Gasteiger partial charge in [-0.3, -0.25) is 0 Å². The minimum atomic E-state index is -3.58. The van der Waals surface area contributed by atoms with Gasteiger partial charge in [0.05, 0.1) is 23.4 Å². The summed E-state index contributed by atoms with van der Waals surface area (Å²) in [6.45, 7) is 11.1. The number of rotatable bonds is 11. The summed E-state index contributed by atoms with van der Waals surface area (Å²) >= 11 is 4.28. The third kappa shape index (κ3) is 6.82. The summed E-state index contributed by atoms with van der Waals surface area (Å²) in [5.41, 5.74) is 2.97. The van der Waals surface area contributed by atoms with E-state index in [1.165, 1.54) is 18.2 Å². The molecule has 0 saturated heterocycles. The maximum absolute atomic E-state index is 12.1. The fraction of sp³-hybridized carbons (Fsp3) is 0.500. The molecule has 8 heteroatoms. The first-order valence-corrected chi connectivity index (χ1v) is 9.94. The van der Waals surface area contributed by atoms with Gasteiger partial charge < -0.3 is 15.2 Å². The van der Waals surface area contributed by atoms with Crippen LogP contribution in [0.1, 0.15) is 13.8 Å². The van der Waals surface area contributed by atoms with Crippen LogP contribution < -0.4 is 5.48 Å². The Morgan fingerprint density at radius 1 is 1.33 bits per heavy atom. The summed E-state index contributed by atoms with van der Waals surface area (Å²) in [5.74, 6) is 0.442. The van der Waals surface area contributed by atoms with Crippen molar-refractivity contribution in [3.05, 3.63) is 47.6 Å². The van der Waals surface area contributed by atoms with Crippen LogP contribution in [-0.2, 0) is 9.84 Å². The summed E-state index contributed by atoms with van der Waals surface area (Å²) in [5, 5.41) is 18.6. The van der Waals surface area contributed by atoms with Crippen LogP contribution in [0.4, 0.5) is 0 Å². The van der Waals surface area contributed by atoms with Gasteiger partial charge in [0.2, 0.25) is 0 Å². The molecule has 1 atom stereocenters. The molecule has 0 heterocycles. The second-order valence-corrected chi connectivity index (χ2v) is 7.91. The largest absolute Gasteiger partial charge is 0.392 e. The van der Waals surface area contributed by atoms with Crippen molar-refractivity contribution >= 4 is 22.5 Å². The molecule has 0 radical (unpaired) electrons. The molecule has 138 valence electrons. The molecular weight excluding hydrogens is 348 g/mol. The highest BCUT2D eigenvalue weighted by Crippen LogP contribution is 2.20. The number of hydrogen-bond donors (Lipinski definition) is 4. The lowest BCUT2D eigenvalue weighted by Gasteiger charge is -2.30. The normalized spacial score (nSPS) is 15.0. The number of nitrogens with zero attached hydrogens (tertiary/aromatic N) is 1. The Morgan fingerprint density at radius 3 is 2.21 bits per heavy atom. The van der Waals surface area contributed by atoms with E-state index in [0.29, 0.717) is 18.1 Å². The summed E-state index contributed by atoms with van der Waals surface area (Å²) in [4.78, 5) is 1.74. The molecule has 0 amide bonds. The molecule has 0 rings (SSSR count). The van der Waals surface area contributed by atoms with Crippen molar-refractivity contribution in [3.63, 3.8) is 0 Å². The SMILES string of the molecule is C=C/C(CO)=C(\C=C(/C=C)N(CS)CC(NO)C(C)C)S(C)(=O)=O. The van der Waals surface area contributed by atoms with Crippen LogP contribution in [0, 0.1) is 5.92 Å². The first-order chi connectivity index (χ1) is 11.2. The molecule has 6 nitrogen and oxygen atoms in total. The Bertz CT molecular complexity index is 595. The Hall–Kier alpha value is -1.06. The fourth-order valence-corrected chi connectivity index (χ4v) is 3.22. The standard InChI is InChI=1S/C16H28N2O4S2/c1-6-13(10-19)16(24(5,21)22)8-14(7-2)18(11-23)9-15(17-20)12(3)4/h6-8,12,15,17,19-20,23H,1-2,9-11H2,3-5H3/b14-8+,16-13-. The zero-order valence-corrected chi connectivity index (χ0v) is 16.1. The summed E-state index contributed by atoms with van der Waals surface area (Å²) < 4.78 is 24.1. The van der Waals surface area contributed by atoms with Gasteiger partial charge >= 0.3 is 0 Å². The third-order valence-electron chi connectivity index (χ3n) is 3.54. The summed E-state index contributed by atoms with van der Waals surface area (Å²) in [7, 11) is -3.58. The monoisotopic (exact) mass is 376 g/mol. The van der Waals surface area contributed by atoms with Crippen molar-refractivity contribution in [2.75, 3.05) is 25.3 Å². The Labute approximate surface area is 150 Å². The van der Waals surface area contributed by atoms with Crippen molar-refractivity contribution in [2.45, 2.75) is 19.9 Å². The van der Waals surface area contributed by atoms with Crippen molar-refractivity contribution in [1.29, 1.82) is 0 Å². The van der Waals surface area contributed by atoms with Crippen LogP contribution in [0.3, 0.4) is 0 Å². The molecule has 0 spiro atoms. The van der Waals surface area contributed by atoms with E-state index >= 15 is 0 Å². The van der Waals surface area contributed by atoms with Crippen molar-refractivity contribution in [3.8, 4) is 0 Å². The smallest absolute Gasteiger partial charge is 0.175 e. The van der Waals surface area contributed by atoms with Crippen LogP contribution in [-0.4, -0.2) is 55.0 Å². The van der Waals surface area contributed by atoms with Crippen LogP contribution >= 0.6 is 12.6 Å². The number of allylic oxidation sites excluding steroid dienone is 2. The van der Waals surface area contributed by atoms with Crippen LogP contribution in [0.25, 0.3) is 0 Å². The molecule has 0 fully saturated rings. The quantitative estimate of drug-likeness (QED) is 0.190. The number of sulfone groups is 1. The van der Waals surface area contributed by atoms with E-state index in [-0.39, 0.29) is 22.4 Å². The minimum absolute atomic E-state index is 0.0280. The molecule has 24 heavy (non-hydrogen) atoms. The molecule has 0 aromatic carbocycles. The highest BCUT2D eigenvalue weighted by atomic mass is 32.2. The molecule has 0 bridgehead atoms. The van der Waals surface area contributed by atoms with Crippen molar-refractivity contribution in [1.82, 2.24) is 10.4 Å². The third-order valence-corrected chi connectivity index (χ3v) is 5.06. The topological polar surface area (TPSA) is 89.9 Å². The highest BCUT2D eigenvalue weighted by Gasteiger charge is 2.19. The van der Waals surface area contributed by atoms with Gasteiger partial charge in [0.1, 0.15) is 0 Å². The minimum Gasteiger partial charge on any atom is -0.392 e. The van der Waals surface area contributed by atoms with Gasteiger partial charge in [-0.15, -0.1) is 0 Å². The van der Waals surface area contributed by atoms with E-state index < -0.39 is 16.4 Å². The van der Waals surface area contributed by atoms with Gasteiger partial charge in [0, 0.05) is 18.5 Å². The van der Waals surface area contributed by atoms with Crippen molar-refractivity contribution < 1.29 is 18.7 Å². The maximum atomic E-state index is 12.1. The van der Waals surface area contributed by atoms with E-state index in [0.717, 1.165) is 6.26 Å². The molecule has 0 aliphatic rings. The number of hydroxylamine groups is 1. The van der Waals surface area contributed by atoms with Gasteiger partial charge in [-0.25, -0.2) is 13.9 Å². The summed E-state index contributed by atoms with van der Waals surface area (Å²) in [6.07, 6.45) is 5.32. The Morgan fingerprint density at radius 2 is 1.92 bits per heavy atom. The van der Waals surface area contributed by atoms with Crippen LogP contribution in [0.5, 0.6) is 0 Å². The van der Waals surface area contributed by atoms with Gasteiger partial charge in [-0.05, 0) is 23.6 Å². The number of nitrogens with one attached hydrogen (secondary N) is 1. The van der Waals surface area contributed by atoms with Crippen LogP contribution in [0.15, 0.2) is 47.6 Å². The average molecular weight is 377 g/mol. The Balaban J connectivity index is 5.99. The molecule has 0 aromatic rings. The zero-order chi connectivity index (χ0) is 18.9. The van der Waals surface area contributed by atoms with Crippen molar-refractivity contribution in [2.24, 2.45) is 5.92 Å². The Kier molecular flexibility index (Phi) is 10.3. The molecular formula is C16H28N2O4S2. The number of thiol groups is 1. The van der Waals surface area contributed by atoms with Gasteiger partial charge in [-0.1, -0.05) is 33.1 Å². The first kappa shape index (κ1) is 22.9. The van der Waals surface area contributed by atoms with E-state index in [1.54, 1.807) is 4.90 Å². The lowest BCUT2D eigenvalue weighted by molar-refractivity contribution is 0.0903.